The first-order valence-electron chi connectivity index (χ1n) is 1.80. The summed E-state index contributed by atoms with van der Waals surface area (Å²) in [7, 11) is 0. The van der Waals surface area contributed by atoms with Gasteiger partial charge >= 0.3 is 6.03 Å². The Hall–Kier alpha value is -1.06. The van der Waals surface area contributed by atoms with Crippen LogP contribution in [0.4, 0.5) is 4.79 Å². The van der Waals surface area contributed by atoms with Crippen molar-refractivity contribution in [2.45, 2.75) is 6.92 Å². The maximum absolute atomic E-state index is 9.76. The van der Waals surface area contributed by atoms with Gasteiger partial charge in [0.1, 0.15) is 0 Å². The maximum Gasteiger partial charge on any atom is 0.332 e. The Balaban J connectivity index is 3.14. The number of nitrogens with two attached hydrogens (primary N) is 1. The number of rotatable bonds is 1. The Kier molecular flexibility index (Phi) is 2.67. The van der Waals surface area contributed by atoms with Gasteiger partial charge < -0.3 is 5.73 Å². The lowest BCUT2D eigenvalue weighted by atomic mass is 10.9. The first kappa shape index (κ1) is 5.94. The van der Waals surface area contributed by atoms with Crippen LogP contribution in [-0.4, -0.2) is 12.2 Å². The van der Waals surface area contributed by atoms with Gasteiger partial charge in [0.2, 0.25) is 0 Å². The quantitative estimate of drug-likeness (QED) is 0.344. The molecule has 0 fully saturated rings. The molecule has 0 aliphatic rings. The molecule has 0 atom stereocenters. The fraction of sp³-hybridized carbons (Fsp3) is 0.333. The summed E-state index contributed by atoms with van der Waals surface area (Å²) in [6, 6.07) is -0.641. The highest BCUT2D eigenvalue weighted by Gasteiger charge is 1.78. The predicted octanol–water partition coefficient (Wildman–Crippen LogP) is -0.340. The molecule has 2 amide bonds. The van der Waals surface area contributed by atoms with Gasteiger partial charge in [0.05, 0.1) is 0 Å². The van der Waals surface area contributed by atoms with E-state index in [1.54, 1.807) is 6.92 Å². The molecule has 0 saturated heterocycles. The second-order valence-electron chi connectivity index (χ2n) is 0.863. The van der Waals surface area contributed by atoms with Crippen LogP contribution in [0, 0.1) is 0 Å². The summed E-state index contributed by atoms with van der Waals surface area (Å²) in [5, 5.41) is 3.32. The summed E-state index contributed by atoms with van der Waals surface area (Å²) in [4.78, 5) is 9.76. The van der Waals surface area contributed by atoms with Gasteiger partial charge in [0, 0.05) is 6.21 Å². The molecule has 0 unspecified atom stereocenters. The summed E-state index contributed by atoms with van der Waals surface area (Å²) < 4.78 is 0. The number of hydrogen-bond acceptors (Lipinski definition) is 2. The third-order valence-corrected chi connectivity index (χ3v) is 0.304. The number of carbonyl (C=O) groups excluding carboxylic acids is 1. The number of amides is 2. The Morgan fingerprint density at radius 1 is 2.00 bits per heavy atom. The van der Waals surface area contributed by atoms with Gasteiger partial charge in [-0.05, 0) is 6.92 Å². The van der Waals surface area contributed by atoms with Crippen molar-refractivity contribution in [1.82, 2.24) is 5.43 Å². The zero-order valence-corrected chi connectivity index (χ0v) is 4.01. The number of urea groups is 1. The largest absolute Gasteiger partial charge is 0.350 e. The molecule has 0 saturated carbocycles. The highest BCUT2D eigenvalue weighted by molar-refractivity contribution is 5.72. The van der Waals surface area contributed by atoms with Crippen molar-refractivity contribution in [3.63, 3.8) is 0 Å². The molecule has 7 heavy (non-hydrogen) atoms. The standard InChI is InChI=1S/C3H7N3O/c1-2-5-6-3(4)7/h2H,1H3,(H3,4,6,7). The van der Waals surface area contributed by atoms with Crippen LogP contribution < -0.4 is 11.2 Å². The molecule has 0 spiro atoms. The zero-order chi connectivity index (χ0) is 5.70. The van der Waals surface area contributed by atoms with E-state index in [4.69, 9.17) is 0 Å². The topological polar surface area (TPSA) is 67.5 Å². The number of hydrogen-bond donors (Lipinski definition) is 2. The summed E-state index contributed by atoms with van der Waals surface area (Å²) >= 11 is 0. The first-order valence-corrected chi connectivity index (χ1v) is 1.80. The molecule has 4 heteroatoms. The van der Waals surface area contributed by atoms with E-state index in [9.17, 15) is 4.79 Å². The SMILES string of the molecule is CC=NNC(N)=O. The fourth-order valence-corrected chi connectivity index (χ4v) is 0.128. The van der Waals surface area contributed by atoms with Crippen molar-refractivity contribution >= 4 is 12.2 Å². The second-order valence-corrected chi connectivity index (χ2v) is 0.863. The summed E-state index contributed by atoms with van der Waals surface area (Å²) in [5.74, 6) is 0. The molecule has 40 valence electrons. The van der Waals surface area contributed by atoms with E-state index in [0.717, 1.165) is 0 Å². The van der Waals surface area contributed by atoms with Crippen LogP contribution in [0.15, 0.2) is 5.10 Å². The molecular formula is C3H7N3O. The van der Waals surface area contributed by atoms with Gasteiger partial charge in [-0.2, -0.15) is 5.10 Å². The third-order valence-electron chi connectivity index (χ3n) is 0.304. The third kappa shape index (κ3) is 4.94. The lowest BCUT2D eigenvalue weighted by Gasteiger charge is -1.84. The van der Waals surface area contributed by atoms with Gasteiger partial charge in [-0.25, -0.2) is 10.2 Å². The van der Waals surface area contributed by atoms with Crippen molar-refractivity contribution < 1.29 is 4.79 Å². The molecule has 0 aliphatic heterocycles. The van der Waals surface area contributed by atoms with Gasteiger partial charge in [0.15, 0.2) is 0 Å². The molecule has 0 aromatic rings. The lowest BCUT2D eigenvalue weighted by molar-refractivity contribution is 0.249. The molecule has 0 bridgehead atoms. The minimum atomic E-state index is -0.641. The van der Waals surface area contributed by atoms with Crippen molar-refractivity contribution in [1.29, 1.82) is 0 Å². The van der Waals surface area contributed by atoms with Crippen molar-refractivity contribution in [2.75, 3.05) is 0 Å². The van der Waals surface area contributed by atoms with Crippen LogP contribution in [0.3, 0.4) is 0 Å². The van der Waals surface area contributed by atoms with E-state index >= 15 is 0 Å². The normalized spacial score (nSPS) is 9.29. The molecule has 0 aliphatic carbocycles. The minimum Gasteiger partial charge on any atom is -0.350 e. The number of primary amides is 1. The van der Waals surface area contributed by atoms with Gasteiger partial charge in [0.25, 0.3) is 0 Å². The average Bonchev–Trinajstić information content (AvgIpc) is 1.61. The van der Waals surface area contributed by atoms with Crippen LogP contribution in [0.5, 0.6) is 0 Å². The molecule has 3 N–H and O–H groups in total. The van der Waals surface area contributed by atoms with Crippen LogP contribution in [-0.2, 0) is 0 Å². The van der Waals surface area contributed by atoms with E-state index in [0.29, 0.717) is 0 Å². The van der Waals surface area contributed by atoms with Crippen LogP contribution in [0.25, 0.3) is 0 Å². The molecule has 0 aromatic carbocycles. The van der Waals surface area contributed by atoms with Gasteiger partial charge in [-0.15, -0.1) is 0 Å². The smallest absolute Gasteiger partial charge is 0.332 e. The monoisotopic (exact) mass is 101 g/mol. The number of carbonyl (C=O) groups is 1. The van der Waals surface area contributed by atoms with E-state index in [1.807, 2.05) is 5.43 Å². The highest BCUT2D eigenvalue weighted by Crippen LogP contribution is 1.52. The Labute approximate surface area is 41.4 Å². The zero-order valence-electron chi connectivity index (χ0n) is 4.01. The Bertz CT molecular complexity index is 88.2. The van der Waals surface area contributed by atoms with Gasteiger partial charge in [-0.3, -0.25) is 0 Å². The first-order chi connectivity index (χ1) is 3.27. The summed E-state index contributed by atoms with van der Waals surface area (Å²) in [6.45, 7) is 1.68. The maximum atomic E-state index is 9.76. The number of nitrogens with zero attached hydrogens (tertiary/aromatic N) is 1. The lowest BCUT2D eigenvalue weighted by Crippen LogP contribution is -2.24. The minimum absolute atomic E-state index is 0.641. The van der Waals surface area contributed by atoms with Gasteiger partial charge in [-0.1, -0.05) is 0 Å². The Morgan fingerprint density at radius 3 is 2.71 bits per heavy atom. The van der Waals surface area contributed by atoms with E-state index < -0.39 is 6.03 Å². The van der Waals surface area contributed by atoms with Crippen LogP contribution >= 0.6 is 0 Å². The number of hydrazone groups is 1. The van der Waals surface area contributed by atoms with Crippen molar-refractivity contribution in [2.24, 2.45) is 10.8 Å². The average molecular weight is 101 g/mol. The summed E-state index contributed by atoms with van der Waals surface area (Å²) in [6.07, 6.45) is 1.44. The Morgan fingerprint density at radius 2 is 2.57 bits per heavy atom. The molecule has 0 radical (unpaired) electrons. The van der Waals surface area contributed by atoms with E-state index in [-0.39, 0.29) is 0 Å². The van der Waals surface area contributed by atoms with Crippen LogP contribution in [0.1, 0.15) is 6.92 Å². The molecule has 0 rings (SSSR count). The molecule has 0 aromatic heterocycles. The molecule has 0 heterocycles. The van der Waals surface area contributed by atoms with Crippen LogP contribution in [0.2, 0.25) is 0 Å². The molecular weight excluding hydrogens is 94.1 g/mol. The fourth-order valence-electron chi connectivity index (χ4n) is 0.128. The van der Waals surface area contributed by atoms with E-state index in [2.05, 4.69) is 10.8 Å². The predicted molar refractivity (Wildman–Crippen MR) is 26.9 cm³/mol. The second kappa shape index (κ2) is 3.14. The number of nitrogens with one attached hydrogen (secondary N) is 1. The van der Waals surface area contributed by atoms with E-state index in [1.165, 1.54) is 6.21 Å². The molecule has 4 nitrogen and oxygen atoms in total. The van der Waals surface area contributed by atoms with Crippen molar-refractivity contribution in [3.8, 4) is 0 Å². The summed E-state index contributed by atoms with van der Waals surface area (Å²) in [5.41, 5.74) is 6.62. The highest BCUT2D eigenvalue weighted by atomic mass is 16.2. The van der Waals surface area contributed by atoms with Crippen molar-refractivity contribution in [3.05, 3.63) is 0 Å².